The van der Waals surface area contributed by atoms with Crippen molar-refractivity contribution in [3.05, 3.63) is 46.6 Å². The van der Waals surface area contributed by atoms with Crippen LogP contribution in [-0.2, 0) is 35.6 Å². The summed E-state index contributed by atoms with van der Waals surface area (Å²) in [5.41, 5.74) is -3.39. The van der Waals surface area contributed by atoms with E-state index in [1.165, 1.54) is 4.90 Å². The second kappa shape index (κ2) is 12.9. The lowest BCUT2D eigenvalue weighted by molar-refractivity contribution is -0.244. The molecule has 4 aliphatic heterocycles. The van der Waals surface area contributed by atoms with Gasteiger partial charge < -0.3 is 25.0 Å². The molecule has 2 saturated heterocycles. The van der Waals surface area contributed by atoms with Crippen LogP contribution in [0.3, 0.4) is 0 Å². The molecule has 2 N–H and O–H groups in total. The Balaban J connectivity index is 1.14. The van der Waals surface area contributed by atoms with Gasteiger partial charge in [0.25, 0.3) is 15.9 Å². The number of sulfonamides is 1. The molecule has 2 aromatic rings. The molecule has 2 spiro atoms. The molecule has 1 aromatic carbocycles. The maximum absolute atomic E-state index is 14.7. The van der Waals surface area contributed by atoms with Crippen LogP contribution in [0.15, 0.2) is 30.4 Å². The van der Waals surface area contributed by atoms with Gasteiger partial charge in [0, 0.05) is 28.3 Å². The number of rotatable bonds is 3. The molecule has 6 aliphatic rings. The molecule has 5 heterocycles. The standard InChI is InChI=1S/C38H43ClF3N5O8S/c1-21-29-24(25-17-23(39)11-12-26(25)43-21)13-14-35(54-29)19-28-30(48)45-37(32(50)47-36(15-16-36)56(47,52)53)18-22(37)9-7-5-4-6-8-10-27(31(49)46(28)20-35)44-33(51)55-34(2,3)38(40,41)42/h7,9,11-12,17,22,27-28H,4-6,8,10,13-16,18-20H2,1-3H3,(H,44,51)(H,45,48). The Kier molecular flexibility index (Phi) is 8.96. The summed E-state index contributed by atoms with van der Waals surface area (Å²) in [6.07, 6.45) is 1.24. The largest absolute Gasteiger partial charge is 0.483 e. The van der Waals surface area contributed by atoms with Crippen molar-refractivity contribution in [1.29, 1.82) is 0 Å². The second-order valence-corrected chi connectivity index (χ2v) is 19.1. The van der Waals surface area contributed by atoms with Crippen molar-refractivity contribution in [3.63, 3.8) is 0 Å². The van der Waals surface area contributed by atoms with E-state index in [4.69, 9.17) is 26.1 Å². The van der Waals surface area contributed by atoms with Gasteiger partial charge in [-0.3, -0.25) is 14.4 Å². The van der Waals surface area contributed by atoms with Crippen molar-refractivity contribution in [2.45, 2.75) is 131 Å². The first kappa shape index (κ1) is 38.7. The zero-order valence-corrected chi connectivity index (χ0v) is 32.7. The Morgan fingerprint density at radius 3 is 2.55 bits per heavy atom. The number of carbonyl (C=O) groups excluding carboxylic acids is 4. The number of alkyl carbamates (subject to hydrolysis) is 1. The second-order valence-electron chi connectivity index (χ2n) is 16.6. The maximum atomic E-state index is 14.7. The maximum Gasteiger partial charge on any atom is 0.427 e. The van der Waals surface area contributed by atoms with Crippen molar-refractivity contribution in [1.82, 2.24) is 24.8 Å². The monoisotopic (exact) mass is 821 g/mol. The van der Waals surface area contributed by atoms with Crippen molar-refractivity contribution < 1.29 is 50.2 Å². The number of hydrogen-bond acceptors (Lipinski definition) is 9. The average Bonchev–Trinajstić information content (AvgIpc) is 4.06. The molecule has 13 nitrogen and oxygen atoms in total. The number of aryl methyl sites for hydroxylation is 2. The number of nitrogens with one attached hydrogen (secondary N) is 2. The number of alkyl halides is 3. The number of allylic oxidation sites excluding steroid dienone is 1. The minimum Gasteiger partial charge on any atom is -0.483 e. The van der Waals surface area contributed by atoms with Crippen LogP contribution in [0.4, 0.5) is 18.0 Å². The van der Waals surface area contributed by atoms with Gasteiger partial charge in [-0.25, -0.2) is 22.5 Å². The molecule has 4 amide bonds. The Bertz CT molecular complexity index is 2200. The number of hydrogen-bond donors (Lipinski definition) is 2. The van der Waals surface area contributed by atoms with E-state index in [1.807, 2.05) is 18.2 Å². The molecule has 2 aliphatic carbocycles. The predicted octanol–water partition coefficient (Wildman–Crippen LogP) is 5.35. The predicted molar refractivity (Wildman–Crippen MR) is 196 cm³/mol. The number of halogens is 4. The lowest BCUT2D eigenvalue weighted by atomic mass is 9.87. The normalized spacial score (nSPS) is 30.7. The fourth-order valence-corrected chi connectivity index (χ4v) is 11.0. The Labute approximate surface area is 326 Å². The molecule has 1 aromatic heterocycles. The van der Waals surface area contributed by atoms with E-state index < -0.39 is 79.6 Å². The van der Waals surface area contributed by atoms with Crippen molar-refractivity contribution in [2.75, 3.05) is 6.54 Å². The molecule has 0 bridgehead atoms. The molecular formula is C38H43ClF3N5O8S. The number of ether oxygens (including phenoxy) is 2. The van der Waals surface area contributed by atoms with Gasteiger partial charge in [0.2, 0.25) is 17.4 Å². The van der Waals surface area contributed by atoms with Gasteiger partial charge in [0.15, 0.2) is 4.87 Å². The van der Waals surface area contributed by atoms with E-state index in [1.54, 1.807) is 19.1 Å². The first-order chi connectivity index (χ1) is 26.2. The highest BCUT2D eigenvalue weighted by Crippen LogP contribution is 2.64. The SMILES string of the molecule is Cc1nc2ccc(Cl)cc2c2c1OC1(CC2)CC2C(=O)NC3(C(=O)N4C5(CC5)S4(=O)=O)CC3C=CCCCCCC(NC(=O)OC(C)(C)C(F)(F)F)C(=O)N2C1. The molecule has 4 fully saturated rings. The van der Waals surface area contributed by atoms with E-state index >= 15 is 0 Å². The molecule has 8 rings (SSSR count). The number of benzene rings is 1. The van der Waals surface area contributed by atoms with Crippen LogP contribution in [0.25, 0.3) is 10.9 Å². The first-order valence-electron chi connectivity index (χ1n) is 19.0. The fourth-order valence-electron chi connectivity index (χ4n) is 8.69. The number of fused-ring (bicyclic) bond motifs is 5. The molecule has 5 unspecified atom stereocenters. The molecule has 0 radical (unpaired) electrons. The van der Waals surface area contributed by atoms with Crippen LogP contribution in [0, 0.1) is 12.8 Å². The number of aromatic nitrogens is 1. The number of carbonyl (C=O) groups is 4. The van der Waals surface area contributed by atoms with Crippen LogP contribution in [0.1, 0.15) is 89.3 Å². The number of amides is 4. The van der Waals surface area contributed by atoms with Crippen molar-refractivity contribution >= 4 is 56.3 Å². The summed E-state index contributed by atoms with van der Waals surface area (Å²) in [4.78, 5) is 61.1. The molecule has 302 valence electrons. The van der Waals surface area contributed by atoms with Gasteiger partial charge in [-0.2, -0.15) is 13.2 Å². The van der Waals surface area contributed by atoms with Crippen LogP contribution in [0.5, 0.6) is 5.75 Å². The van der Waals surface area contributed by atoms with Gasteiger partial charge >= 0.3 is 12.3 Å². The van der Waals surface area contributed by atoms with E-state index in [0.29, 0.717) is 81.7 Å². The summed E-state index contributed by atoms with van der Waals surface area (Å²) < 4.78 is 79.3. The highest BCUT2D eigenvalue weighted by atomic mass is 35.5. The van der Waals surface area contributed by atoms with Crippen LogP contribution < -0.4 is 15.4 Å². The number of pyridine rings is 1. The Morgan fingerprint density at radius 1 is 1.11 bits per heavy atom. The molecular weight excluding hydrogens is 779 g/mol. The summed E-state index contributed by atoms with van der Waals surface area (Å²) in [5, 5.41) is 6.55. The summed E-state index contributed by atoms with van der Waals surface area (Å²) in [7, 11) is -3.82. The molecule has 5 atom stereocenters. The van der Waals surface area contributed by atoms with Crippen molar-refractivity contribution in [2.24, 2.45) is 5.92 Å². The van der Waals surface area contributed by atoms with Crippen LogP contribution in [-0.4, -0.2) is 92.8 Å². The fraction of sp³-hybridized carbons (Fsp3) is 0.605. The summed E-state index contributed by atoms with van der Waals surface area (Å²) in [6, 6.07) is 2.71. The van der Waals surface area contributed by atoms with Crippen molar-refractivity contribution in [3.8, 4) is 5.75 Å². The minimum absolute atomic E-state index is 0.0357. The first-order valence-corrected chi connectivity index (χ1v) is 20.8. The zero-order valence-electron chi connectivity index (χ0n) is 31.1. The third-order valence-corrected chi connectivity index (χ3v) is 14.9. The van der Waals surface area contributed by atoms with E-state index in [-0.39, 0.29) is 25.8 Å². The third-order valence-electron chi connectivity index (χ3n) is 12.3. The molecule has 56 heavy (non-hydrogen) atoms. The smallest absolute Gasteiger partial charge is 0.427 e. The quantitative estimate of drug-likeness (QED) is 0.307. The highest BCUT2D eigenvalue weighted by Gasteiger charge is 2.83. The molecule has 2 saturated carbocycles. The van der Waals surface area contributed by atoms with Gasteiger partial charge in [0.1, 0.15) is 29.0 Å². The Hall–Kier alpha value is -4.12. The van der Waals surface area contributed by atoms with E-state index in [2.05, 4.69) is 10.6 Å². The van der Waals surface area contributed by atoms with E-state index in [0.717, 1.165) is 20.8 Å². The highest BCUT2D eigenvalue weighted by molar-refractivity contribution is 7.98. The lowest BCUT2D eigenvalue weighted by Gasteiger charge is -2.37. The number of nitrogens with zero attached hydrogens (tertiary/aromatic N) is 3. The Morgan fingerprint density at radius 2 is 1.86 bits per heavy atom. The zero-order chi connectivity index (χ0) is 40.2. The van der Waals surface area contributed by atoms with Gasteiger partial charge in [-0.05, 0) is 90.3 Å². The summed E-state index contributed by atoms with van der Waals surface area (Å²) in [5.74, 6) is -2.16. The third kappa shape index (κ3) is 6.27. The topological polar surface area (TPSA) is 164 Å². The van der Waals surface area contributed by atoms with Gasteiger partial charge in [-0.15, -0.1) is 0 Å². The van der Waals surface area contributed by atoms with Gasteiger partial charge in [-0.1, -0.05) is 36.6 Å². The molecule has 18 heteroatoms. The summed E-state index contributed by atoms with van der Waals surface area (Å²) in [6.45, 7) is 3.06. The minimum atomic E-state index is -4.89. The van der Waals surface area contributed by atoms with Gasteiger partial charge in [0.05, 0.1) is 17.8 Å². The van der Waals surface area contributed by atoms with Crippen LogP contribution >= 0.6 is 11.6 Å². The average molecular weight is 822 g/mol. The summed E-state index contributed by atoms with van der Waals surface area (Å²) >= 11 is 6.34. The van der Waals surface area contributed by atoms with Crippen LogP contribution in [0.2, 0.25) is 5.02 Å². The van der Waals surface area contributed by atoms with E-state index in [9.17, 15) is 40.8 Å². The lowest BCUT2D eigenvalue weighted by Crippen LogP contribution is -2.57.